The Morgan fingerprint density at radius 1 is 1.00 bits per heavy atom. The number of likely N-dealkylation sites (N-methyl/N-ethyl adjacent to an activating group) is 2. The number of carbonyl (C=O) groups is 2. The van der Waals surface area contributed by atoms with Crippen LogP contribution in [0.3, 0.4) is 0 Å². The Morgan fingerprint density at radius 3 is 2.48 bits per heavy atom. The number of Topliss-reactive ketones (excluding diaryl/α,β-unsaturated/α-hetero) is 1. The van der Waals surface area contributed by atoms with Gasteiger partial charge in [-0.05, 0) is 55.9 Å². The van der Waals surface area contributed by atoms with Crippen molar-refractivity contribution in [3.8, 4) is 0 Å². The van der Waals surface area contributed by atoms with Crippen molar-refractivity contribution in [2.45, 2.75) is 12.8 Å². The molecule has 0 radical (unpaired) electrons. The Labute approximate surface area is 182 Å². The average Bonchev–Trinajstić information content (AvgIpc) is 3.27. The van der Waals surface area contributed by atoms with E-state index in [1.807, 2.05) is 38.5 Å². The third kappa shape index (κ3) is 4.13. The topological polar surface area (TPSA) is 69.0 Å². The number of ketones is 2. The van der Waals surface area contributed by atoms with Crippen molar-refractivity contribution in [3.63, 3.8) is 0 Å². The summed E-state index contributed by atoms with van der Waals surface area (Å²) >= 11 is 0. The molecule has 0 amide bonds. The highest BCUT2D eigenvalue weighted by molar-refractivity contribution is 6.31. The zero-order valence-electron chi connectivity index (χ0n) is 19.0. The van der Waals surface area contributed by atoms with E-state index in [0.29, 0.717) is 17.6 Å². The highest BCUT2D eigenvalue weighted by Gasteiger charge is 2.27. The van der Waals surface area contributed by atoms with Crippen molar-refractivity contribution in [1.82, 2.24) is 14.9 Å². The van der Waals surface area contributed by atoms with Gasteiger partial charge in [0, 0.05) is 30.4 Å². The van der Waals surface area contributed by atoms with Crippen molar-refractivity contribution in [3.05, 3.63) is 63.1 Å². The van der Waals surface area contributed by atoms with E-state index in [9.17, 15) is 9.59 Å². The first-order valence-corrected chi connectivity index (χ1v) is 10.7. The summed E-state index contributed by atoms with van der Waals surface area (Å²) in [7, 11) is 10.5. The number of nitrogens with zero attached hydrogens (tertiary/aromatic N) is 2. The zero-order chi connectivity index (χ0) is 22.3. The van der Waals surface area contributed by atoms with Gasteiger partial charge in [-0.15, -0.1) is 0 Å². The number of nitrogens with one attached hydrogen (secondary N) is 2. The summed E-state index contributed by atoms with van der Waals surface area (Å²) in [6.45, 7) is 1.74. The maximum Gasteiger partial charge on any atom is 0.197 e. The maximum absolute atomic E-state index is 13.7. The molecule has 2 N–H and O–H groups in total. The van der Waals surface area contributed by atoms with E-state index in [1.165, 1.54) is 0 Å². The first kappa shape index (κ1) is 21.3. The zero-order valence-corrected chi connectivity index (χ0v) is 19.0. The number of fused-ring (bicyclic) bond motifs is 2. The van der Waals surface area contributed by atoms with E-state index in [0.717, 1.165) is 57.1 Å². The van der Waals surface area contributed by atoms with Crippen LogP contribution < -0.4 is 10.7 Å². The highest BCUT2D eigenvalue weighted by atomic mass is 16.1. The van der Waals surface area contributed by atoms with Gasteiger partial charge in [0.1, 0.15) is 0 Å². The molecule has 2 aliphatic carbocycles. The summed E-state index contributed by atoms with van der Waals surface area (Å²) in [5.74, 6) is 0.00725. The van der Waals surface area contributed by atoms with E-state index in [1.54, 1.807) is 12.2 Å². The lowest BCUT2D eigenvalue weighted by atomic mass is 9.91. The van der Waals surface area contributed by atoms with Crippen molar-refractivity contribution in [2.75, 3.05) is 48.3 Å². The van der Waals surface area contributed by atoms with Crippen molar-refractivity contribution < 1.29 is 14.1 Å². The van der Waals surface area contributed by atoms with Crippen LogP contribution in [0.15, 0.2) is 24.4 Å². The van der Waals surface area contributed by atoms with E-state index in [4.69, 9.17) is 0 Å². The number of allylic oxidation sites excluding steroid dienone is 3. The first-order valence-electron chi connectivity index (χ1n) is 10.7. The van der Waals surface area contributed by atoms with Gasteiger partial charge in [-0.1, -0.05) is 6.08 Å². The van der Waals surface area contributed by atoms with E-state index < -0.39 is 0 Å². The summed E-state index contributed by atoms with van der Waals surface area (Å²) in [5, 5.41) is 1.56. The molecule has 2 aromatic rings. The molecule has 6 nitrogen and oxygen atoms in total. The minimum atomic E-state index is -0.00689. The summed E-state index contributed by atoms with van der Waals surface area (Å²) in [6, 6.07) is 0. The molecule has 0 fully saturated rings. The van der Waals surface area contributed by atoms with Gasteiger partial charge in [0.15, 0.2) is 11.6 Å². The van der Waals surface area contributed by atoms with Crippen LogP contribution in [0.4, 0.5) is 0 Å². The molecule has 0 unspecified atom stereocenters. The molecule has 4 rings (SSSR count). The van der Waals surface area contributed by atoms with Gasteiger partial charge < -0.3 is 19.4 Å². The van der Waals surface area contributed by atoms with E-state index in [2.05, 4.69) is 36.0 Å². The fourth-order valence-electron chi connectivity index (χ4n) is 4.21. The second kappa shape index (κ2) is 7.94. The number of hydrogen-bond donors (Lipinski definition) is 2. The van der Waals surface area contributed by atoms with Gasteiger partial charge in [0.25, 0.3) is 0 Å². The lowest BCUT2D eigenvalue weighted by molar-refractivity contribution is -0.870. The van der Waals surface area contributed by atoms with Gasteiger partial charge in [-0.2, -0.15) is 0 Å². The Balaban J connectivity index is 1.84. The summed E-state index contributed by atoms with van der Waals surface area (Å²) in [6.07, 6.45) is 12.6. The molecule has 31 heavy (non-hydrogen) atoms. The third-order valence-electron chi connectivity index (χ3n) is 5.90. The van der Waals surface area contributed by atoms with Gasteiger partial charge in [-0.3, -0.25) is 9.59 Å². The highest BCUT2D eigenvalue weighted by Crippen LogP contribution is 2.26. The second-order valence-electron chi connectivity index (χ2n) is 9.65. The molecule has 0 saturated heterocycles. The van der Waals surface area contributed by atoms with Crippen LogP contribution in [0, 0.1) is 0 Å². The van der Waals surface area contributed by atoms with Crippen molar-refractivity contribution in [2.24, 2.45) is 0 Å². The minimum Gasteiger partial charge on any atom is -0.361 e. The molecule has 2 aromatic heterocycles. The van der Waals surface area contributed by atoms with Crippen LogP contribution in [0.1, 0.15) is 37.5 Å². The monoisotopic (exact) mass is 419 g/mol. The van der Waals surface area contributed by atoms with Gasteiger partial charge in [-0.25, -0.2) is 0 Å². The van der Waals surface area contributed by atoms with Crippen LogP contribution in [0.5, 0.6) is 0 Å². The summed E-state index contributed by atoms with van der Waals surface area (Å²) in [5.41, 5.74) is 4.91. The number of rotatable bonds is 6. The number of carbonyl (C=O) groups excluding carboxylic acids is 2. The van der Waals surface area contributed by atoms with Gasteiger partial charge >= 0.3 is 0 Å². The summed E-state index contributed by atoms with van der Waals surface area (Å²) in [4.78, 5) is 35.1. The lowest BCUT2D eigenvalue weighted by Gasteiger charge is -2.23. The molecular formula is C25H31N4O2+. The van der Waals surface area contributed by atoms with Crippen LogP contribution in [0.2, 0.25) is 0 Å². The van der Waals surface area contributed by atoms with E-state index >= 15 is 0 Å². The fraction of sp³-hybridized carbons (Fsp3) is 0.360. The molecule has 0 aliphatic heterocycles. The quantitative estimate of drug-likeness (QED) is 0.694. The van der Waals surface area contributed by atoms with Crippen LogP contribution in [0.25, 0.3) is 17.7 Å². The maximum atomic E-state index is 13.7. The van der Waals surface area contributed by atoms with Gasteiger partial charge in [0.05, 0.1) is 49.5 Å². The fourth-order valence-corrected chi connectivity index (χ4v) is 4.21. The molecular weight excluding hydrogens is 388 g/mol. The number of hydrogen-bond acceptors (Lipinski definition) is 3. The Bertz CT molecular complexity index is 1230. The normalized spacial score (nSPS) is 17.2. The smallest absolute Gasteiger partial charge is 0.197 e. The molecule has 0 spiro atoms. The molecule has 6 heteroatoms. The Kier molecular flexibility index (Phi) is 5.45. The molecule has 162 valence electrons. The van der Waals surface area contributed by atoms with E-state index in [-0.39, 0.29) is 11.6 Å². The molecule has 0 aromatic carbocycles. The van der Waals surface area contributed by atoms with Gasteiger partial charge in [0.2, 0.25) is 0 Å². The number of quaternary nitrogens is 1. The molecule has 2 aliphatic rings. The van der Waals surface area contributed by atoms with Crippen LogP contribution in [-0.4, -0.2) is 79.2 Å². The minimum absolute atomic E-state index is 0.00689. The molecule has 0 atom stereocenters. The van der Waals surface area contributed by atoms with Crippen LogP contribution in [-0.2, 0) is 12.8 Å². The number of H-pyrrole nitrogens is 2. The first-order chi connectivity index (χ1) is 14.7. The predicted molar refractivity (Wildman–Crippen MR) is 124 cm³/mol. The Morgan fingerprint density at radius 2 is 1.77 bits per heavy atom. The third-order valence-corrected chi connectivity index (χ3v) is 5.90. The predicted octanol–water partition coefficient (Wildman–Crippen LogP) is 1.29. The second-order valence-corrected chi connectivity index (χ2v) is 9.65. The number of aromatic nitrogens is 2. The molecule has 0 bridgehead atoms. The lowest BCUT2D eigenvalue weighted by Crippen LogP contribution is -2.36. The Hall–Kier alpha value is -2.96. The molecule has 2 heterocycles. The van der Waals surface area contributed by atoms with Crippen LogP contribution >= 0.6 is 0 Å². The largest absolute Gasteiger partial charge is 0.361 e. The number of aromatic amines is 2. The van der Waals surface area contributed by atoms with Crippen molar-refractivity contribution >= 4 is 29.3 Å². The molecule has 0 saturated carbocycles. The van der Waals surface area contributed by atoms with Crippen molar-refractivity contribution in [1.29, 1.82) is 0 Å². The standard InChI is InChI=1S/C25H30N4O2/c1-28(2)13-11-17-23-20(7-6-8-21(23)30)27-24(17)18-9-10-19-22(25(18)31)16(15-26-19)12-14-29(3,4)5/h6-10,15H,11-14H2,1-5H3,(H-,26,27,30,31)/p+1. The SMILES string of the molecule is CN(C)CCc1c2c([nH]c1=C1C=Cc3[nH]cc(CC[N+](C)(C)C)c3C1=O)=CC=CC2=O. The summed E-state index contributed by atoms with van der Waals surface area (Å²) < 4.78 is 0.837. The average molecular weight is 420 g/mol.